The summed E-state index contributed by atoms with van der Waals surface area (Å²) in [6.45, 7) is 3.86. The molecule has 1 saturated heterocycles. The van der Waals surface area contributed by atoms with Crippen LogP contribution in [0.15, 0.2) is 60.7 Å². The van der Waals surface area contributed by atoms with E-state index in [4.69, 9.17) is 0 Å². The molecule has 1 amide bonds. The SMILES string of the molecule is Cc1c(C(=O)NC(c2ccccc2)c2ccccc2)nnn1C1CCNCC1. The monoisotopic (exact) mass is 375 g/mol. The highest BCUT2D eigenvalue weighted by atomic mass is 16.2. The van der Waals surface area contributed by atoms with Gasteiger partial charge in [-0.3, -0.25) is 4.79 Å². The first kappa shape index (κ1) is 18.4. The summed E-state index contributed by atoms with van der Waals surface area (Å²) in [5, 5.41) is 15.0. The largest absolute Gasteiger partial charge is 0.340 e. The molecule has 28 heavy (non-hydrogen) atoms. The van der Waals surface area contributed by atoms with Crippen LogP contribution in [0, 0.1) is 6.92 Å². The first-order valence-electron chi connectivity index (χ1n) is 9.77. The van der Waals surface area contributed by atoms with Gasteiger partial charge in [-0.15, -0.1) is 5.10 Å². The Morgan fingerprint density at radius 3 is 2.18 bits per heavy atom. The number of carbonyl (C=O) groups is 1. The van der Waals surface area contributed by atoms with E-state index in [-0.39, 0.29) is 11.9 Å². The van der Waals surface area contributed by atoms with Crippen LogP contribution in [0.1, 0.15) is 52.2 Å². The summed E-state index contributed by atoms with van der Waals surface area (Å²) in [4.78, 5) is 13.1. The molecule has 0 radical (unpaired) electrons. The number of hydrogen-bond acceptors (Lipinski definition) is 4. The van der Waals surface area contributed by atoms with Crippen LogP contribution in [0.3, 0.4) is 0 Å². The van der Waals surface area contributed by atoms with Gasteiger partial charge >= 0.3 is 0 Å². The maximum Gasteiger partial charge on any atom is 0.274 e. The Kier molecular flexibility index (Phi) is 5.48. The van der Waals surface area contributed by atoms with E-state index in [9.17, 15) is 4.79 Å². The number of nitrogens with one attached hydrogen (secondary N) is 2. The first-order valence-corrected chi connectivity index (χ1v) is 9.77. The van der Waals surface area contributed by atoms with Gasteiger partial charge in [0.05, 0.1) is 17.8 Å². The second kappa shape index (κ2) is 8.35. The third-order valence-corrected chi connectivity index (χ3v) is 5.34. The Morgan fingerprint density at radius 1 is 1.04 bits per heavy atom. The minimum absolute atomic E-state index is 0.199. The van der Waals surface area contributed by atoms with Crippen LogP contribution in [0.4, 0.5) is 0 Å². The molecule has 6 heteroatoms. The van der Waals surface area contributed by atoms with E-state index in [1.54, 1.807) is 0 Å². The van der Waals surface area contributed by atoms with E-state index >= 15 is 0 Å². The Labute approximate surface area is 165 Å². The summed E-state index contributed by atoms with van der Waals surface area (Å²) in [7, 11) is 0. The van der Waals surface area contributed by atoms with Crippen molar-refractivity contribution in [2.24, 2.45) is 0 Å². The maximum absolute atomic E-state index is 13.1. The zero-order valence-electron chi connectivity index (χ0n) is 16.0. The van der Waals surface area contributed by atoms with Gasteiger partial charge in [0, 0.05) is 0 Å². The lowest BCUT2D eigenvalue weighted by Crippen LogP contribution is -2.31. The summed E-state index contributed by atoms with van der Waals surface area (Å²) < 4.78 is 1.91. The summed E-state index contributed by atoms with van der Waals surface area (Å²) in [5.74, 6) is -0.199. The number of amides is 1. The van der Waals surface area contributed by atoms with Crippen LogP contribution in [-0.2, 0) is 0 Å². The molecule has 0 unspecified atom stereocenters. The highest BCUT2D eigenvalue weighted by molar-refractivity contribution is 5.93. The fourth-order valence-electron chi connectivity index (χ4n) is 3.80. The highest BCUT2D eigenvalue weighted by Gasteiger charge is 2.25. The van der Waals surface area contributed by atoms with E-state index < -0.39 is 0 Å². The third-order valence-electron chi connectivity index (χ3n) is 5.34. The van der Waals surface area contributed by atoms with Gasteiger partial charge in [-0.25, -0.2) is 4.68 Å². The molecular weight excluding hydrogens is 350 g/mol. The second-order valence-corrected chi connectivity index (χ2v) is 7.18. The molecule has 144 valence electrons. The predicted octanol–water partition coefficient (Wildman–Crippen LogP) is 3.03. The smallest absolute Gasteiger partial charge is 0.274 e. The minimum Gasteiger partial charge on any atom is -0.340 e. The minimum atomic E-state index is -0.238. The maximum atomic E-state index is 13.1. The highest BCUT2D eigenvalue weighted by Crippen LogP contribution is 2.24. The van der Waals surface area contributed by atoms with Crippen LogP contribution in [0.25, 0.3) is 0 Å². The van der Waals surface area contributed by atoms with Crippen LogP contribution in [0.5, 0.6) is 0 Å². The van der Waals surface area contributed by atoms with Crippen LogP contribution >= 0.6 is 0 Å². The van der Waals surface area contributed by atoms with Gasteiger partial charge in [0.2, 0.25) is 0 Å². The lowest BCUT2D eigenvalue weighted by molar-refractivity contribution is 0.0937. The third kappa shape index (κ3) is 3.82. The standard InChI is InChI=1S/C22H25N5O/c1-16-20(25-26-27(16)19-12-14-23-15-13-19)22(28)24-21(17-8-4-2-5-9-17)18-10-6-3-7-11-18/h2-11,19,21,23H,12-15H2,1H3,(H,24,28). The Bertz CT molecular complexity index is 877. The van der Waals surface area contributed by atoms with Crippen molar-refractivity contribution in [1.29, 1.82) is 0 Å². The van der Waals surface area contributed by atoms with Gasteiger partial charge < -0.3 is 10.6 Å². The van der Waals surface area contributed by atoms with Crippen molar-refractivity contribution < 1.29 is 4.79 Å². The normalized spacial score (nSPS) is 14.9. The molecular formula is C22H25N5O. The molecule has 1 aliphatic heterocycles. The zero-order chi connectivity index (χ0) is 19.3. The van der Waals surface area contributed by atoms with Gasteiger partial charge in [0.1, 0.15) is 0 Å². The van der Waals surface area contributed by atoms with Gasteiger partial charge in [-0.1, -0.05) is 65.9 Å². The molecule has 1 fully saturated rings. The lowest BCUT2D eigenvalue weighted by atomic mass is 9.98. The number of aromatic nitrogens is 3. The second-order valence-electron chi connectivity index (χ2n) is 7.18. The molecule has 0 atom stereocenters. The predicted molar refractivity (Wildman–Crippen MR) is 108 cm³/mol. The summed E-state index contributed by atoms with van der Waals surface area (Å²) in [6.07, 6.45) is 2.00. The van der Waals surface area contributed by atoms with Crippen molar-refractivity contribution in [3.8, 4) is 0 Å². The molecule has 4 rings (SSSR count). The number of carbonyl (C=O) groups excluding carboxylic acids is 1. The van der Waals surface area contributed by atoms with Crippen molar-refractivity contribution in [2.75, 3.05) is 13.1 Å². The van der Waals surface area contributed by atoms with Crippen LogP contribution in [-0.4, -0.2) is 34.0 Å². The van der Waals surface area contributed by atoms with E-state index in [1.165, 1.54) is 0 Å². The topological polar surface area (TPSA) is 71.8 Å². The zero-order valence-corrected chi connectivity index (χ0v) is 16.0. The Hall–Kier alpha value is -2.99. The van der Waals surface area contributed by atoms with Crippen LogP contribution < -0.4 is 10.6 Å². The molecule has 2 aromatic carbocycles. The molecule has 3 aromatic rings. The number of hydrogen-bond donors (Lipinski definition) is 2. The van der Waals surface area contributed by atoms with Crippen molar-refractivity contribution >= 4 is 5.91 Å². The molecule has 0 saturated carbocycles. The summed E-state index contributed by atoms with van der Waals surface area (Å²) in [5.41, 5.74) is 3.29. The van der Waals surface area contributed by atoms with E-state index in [0.717, 1.165) is 42.8 Å². The number of benzene rings is 2. The molecule has 2 heterocycles. The molecule has 0 spiro atoms. The molecule has 6 nitrogen and oxygen atoms in total. The van der Waals surface area contributed by atoms with Crippen molar-refractivity contribution in [3.05, 3.63) is 83.2 Å². The quantitative estimate of drug-likeness (QED) is 0.719. The fraction of sp³-hybridized carbons (Fsp3) is 0.318. The van der Waals surface area contributed by atoms with E-state index in [2.05, 4.69) is 20.9 Å². The summed E-state index contributed by atoms with van der Waals surface area (Å²) >= 11 is 0. The molecule has 0 bridgehead atoms. The van der Waals surface area contributed by atoms with E-state index in [0.29, 0.717) is 11.7 Å². The average molecular weight is 375 g/mol. The Morgan fingerprint density at radius 2 is 1.61 bits per heavy atom. The van der Waals surface area contributed by atoms with Crippen molar-refractivity contribution in [1.82, 2.24) is 25.6 Å². The number of nitrogens with zero attached hydrogens (tertiary/aromatic N) is 3. The fourth-order valence-corrected chi connectivity index (χ4v) is 3.80. The number of piperidine rings is 1. The van der Waals surface area contributed by atoms with Crippen molar-refractivity contribution in [2.45, 2.75) is 31.8 Å². The lowest BCUT2D eigenvalue weighted by Gasteiger charge is -2.23. The van der Waals surface area contributed by atoms with Gasteiger partial charge in [0.15, 0.2) is 5.69 Å². The molecule has 0 aliphatic carbocycles. The first-order chi connectivity index (χ1) is 13.7. The molecule has 1 aromatic heterocycles. The van der Waals surface area contributed by atoms with Crippen LogP contribution in [0.2, 0.25) is 0 Å². The van der Waals surface area contributed by atoms with Crippen molar-refractivity contribution in [3.63, 3.8) is 0 Å². The number of rotatable bonds is 5. The average Bonchev–Trinajstić information content (AvgIpc) is 3.15. The summed E-state index contributed by atoms with van der Waals surface area (Å²) in [6, 6.07) is 20.0. The van der Waals surface area contributed by atoms with Gasteiger partial charge in [0.25, 0.3) is 5.91 Å². The van der Waals surface area contributed by atoms with Gasteiger partial charge in [-0.2, -0.15) is 0 Å². The molecule has 2 N–H and O–H groups in total. The van der Waals surface area contributed by atoms with Gasteiger partial charge in [-0.05, 0) is 44.0 Å². The van der Waals surface area contributed by atoms with E-state index in [1.807, 2.05) is 72.3 Å². The molecule has 1 aliphatic rings. The Balaban J connectivity index is 1.59.